The van der Waals surface area contributed by atoms with Crippen LogP contribution < -0.4 is 4.74 Å². The molecular weight excluding hydrogens is 293 g/mol. The molecule has 0 unspecified atom stereocenters. The molecule has 0 aliphatic heterocycles. The summed E-state index contributed by atoms with van der Waals surface area (Å²) in [5.41, 5.74) is 1.12. The number of nitrogens with zero attached hydrogens (tertiary/aromatic N) is 3. The fourth-order valence-electron chi connectivity index (χ4n) is 1.40. The van der Waals surface area contributed by atoms with Crippen LogP contribution in [0.2, 0.25) is 5.15 Å². The van der Waals surface area contributed by atoms with E-state index in [0.29, 0.717) is 33.2 Å². The molecule has 2 aromatic rings. The monoisotopic (exact) mass is 299 g/mol. The highest BCUT2D eigenvalue weighted by Gasteiger charge is 2.14. The lowest BCUT2D eigenvalue weighted by molar-refractivity contribution is 0.338. The first-order valence-electron chi connectivity index (χ1n) is 4.58. The van der Waals surface area contributed by atoms with E-state index in [1.165, 1.54) is 4.52 Å². The maximum Gasteiger partial charge on any atom is 0.173 e. The molecule has 16 heavy (non-hydrogen) atoms. The van der Waals surface area contributed by atoms with Crippen LogP contribution in [0.5, 0.6) is 5.75 Å². The molecule has 0 fully saturated rings. The maximum absolute atomic E-state index is 8.96. The van der Waals surface area contributed by atoms with E-state index in [9.17, 15) is 0 Å². The van der Waals surface area contributed by atoms with Gasteiger partial charge in [0, 0.05) is 0 Å². The van der Waals surface area contributed by atoms with Gasteiger partial charge in [0.25, 0.3) is 0 Å². The van der Waals surface area contributed by atoms with Crippen molar-refractivity contribution in [2.45, 2.75) is 6.92 Å². The normalized spacial score (nSPS) is 10.4. The molecule has 4 nitrogen and oxygen atoms in total. The molecule has 2 aromatic heterocycles. The minimum Gasteiger partial charge on any atom is -0.491 e. The molecule has 0 N–H and O–H groups in total. The van der Waals surface area contributed by atoms with E-state index in [0.717, 1.165) is 0 Å². The fraction of sp³-hybridized carbons (Fsp3) is 0.200. The highest BCUT2D eigenvalue weighted by molar-refractivity contribution is 9.10. The second-order valence-corrected chi connectivity index (χ2v) is 4.11. The van der Waals surface area contributed by atoms with Crippen molar-refractivity contribution in [1.29, 1.82) is 5.26 Å². The first-order chi connectivity index (χ1) is 7.69. The summed E-state index contributed by atoms with van der Waals surface area (Å²) in [4.78, 5) is 0. The first-order valence-corrected chi connectivity index (χ1v) is 5.75. The van der Waals surface area contributed by atoms with Gasteiger partial charge in [-0.3, -0.25) is 0 Å². The number of nitriles is 1. The molecule has 0 atom stereocenters. The minimum atomic E-state index is 0.363. The lowest BCUT2D eigenvalue weighted by Crippen LogP contribution is -1.97. The summed E-state index contributed by atoms with van der Waals surface area (Å²) >= 11 is 9.32. The van der Waals surface area contributed by atoms with Gasteiger partial charge >= 0.3 is 0 Å². The van der Waals surface area contributed by atoms with Crippen LogP contribution in [0, 0.1) is 11.3 Å². The van der Waals surface area contributed by atoms with E-state index in [4.69, 9.17) is 21.6 Å². The number of ether oxygens (including phenoxy) is 1. The molecule has 0 saturated heterocycles. The topological polar surface area (TPSA) is 50.3 Å². The lowest BCUT2D eigenvalue weighted by Gasteiger charge is -2.06. The predicted octanol–water partition coefficient (Wildman–Crippen LogP) is 3.02. The Hall–Kier alpha value is -1.25. The zero-order chi connectivity index (χ0) is 11.7. The molecule has 0 aromatic carbocycles. The van der Waals surface area contributed by atoms with Crippen molar-refractivity contribution in [2.75, 3.05) is 6.61 Å². The van der Waals surface area contributed by atoms with Crippen LogP contribution in [-0.4, -0.2) is 16.2 Å². The summed E-state index contributed by atoms with van der Waals surface area (Å²) in [6.07, 6.45) is 0. The van der Waals surface area contributed by atoms with Crippen LogP contribution in [-0.2, 0) is 0 Å². The third kappa shape index (κ3) is 1.64. The second kappa shape index (κ2) is 4.32. The average Bonchev–Trinajstić information content (AvgIpc) is 2.59. The van der Waals surface area contributed by atoms with E-state index in [-0.39, 0.29) is 0 Å². The molecule has 6 heteroatoms. The van der Waals surface area contributed by atoms with Crippen molar-refractivity contribution in [2.24, 2.45) is 0 Å². The molecule has 2 rings (SSSR count). The molecular formula is C10H7BrClN3O. The van der Waals surface area contributed by atoms with Crippen molar-refractivity contribution in [3.05, 3.63) is 27.5 Å². The number of hydrogen-bond acceptors (Lipinski definition) is 3. The summed E-state index contributed by atoms with van der Waals surface area (Å²) in [5.74, 6) is 0.552. The van der Waals surface area contributed by atoms with E-state index in [1.54, 1.807) is 12.1 Å². The molecule has 0 amide bonds. The Morgan fingerprint density at radius 1 is 1.62 bits per heavy atom. The van der Waals surface area contributed by atoms with Crippen molar-refractivity contribution < 1.29 is 4.74 Å². The number of aromatic nitrogens is 2. The van der Waals surface area contributed by atoms with Crippen LogP contribution in [0.15, 0.2) is 16.7 Å². The highest BCUT2D eigenvalue weighted by atomic mass is 79.9. The van der Waals surface area contributed by atoms with Gasteiger partial charge in [-0.15, -0.1) is 0 Å². The number of rotatable bonds is 2. The van der Waals surface area contributed by atoms with E-state index >= 15 is 0 Å². The zero-order valence-corrected chi connectivity index (χ0v) is 10.7. The Bertz CT molecular complexity index is 588. The van der Waals surface area contributed by atoms with Gasteiger partial charge in [0.1, 0.15) is 16.2 Å². The van der Waals surface area contributed by atoms with Gasteiger partial charge in [0.05, 0.1) is 12.1 Å². The third-order valence-electron chi connectivity index (χ3n) is 2.07. The minimum absolute atomic E-state index is 0.363. The van der Waals surface area contributed by atoms with Crippen molar-refractivity contribution in [3.8, 4) is 11.8 Å². The van der Waals surface area contributed by atoms with Crippen LogP contribution in [0.4, 0.5) is 0 Å². The molecule has 2 heterocycles. The Kier molecular flexibility index (Phi) is 3.03. The van der Waals surface area contributed by atoms with Gasteiger partial charge < -0.3 is 4.74 Å². The van der Waals surface area contributed by atoms with Crippen LogP contribution in [0.3, 0.4) is 0 Å². The lowest BCUT2D eigenvalue weighted by atomic mass is 10.3. The smallest absolute Gasteiger partial charge is 0.173 e. The molecule has 82 valence electrons. The highest BCUT2D eigenvalue weighted by Crippen LogP contribution is 2.29. The quantitative estimate of drug-likeness (QED) is 0.801. The molecule has 0 saturated carbocycles. The second-order valence-electron chi connectivity index (χ2n) is 3.00. The summed E-state index contributed by atoms with van der Waals surface area (Å²) in [6.45, 7) is 2.40. The Balaban J connectivity index is 2.73. The number of pyridine rings is 1. The summed E-state index contributed by atoms with van der Waals surface area (Å²) in [5, 5.41) is 13.4. The third-order valence-corrected chi connectivity index (χ3v) is 2.97. The van der Waals surface area contributed by atoms with Crippen LogP contribution in [0.25, 0.3) is 5.52 Å². The summed E-state index contributed by atoms with van der Waals surface area (Å²) in [7, 11) is 0. The van der Waals surface area contributed by atoms with Crippen LogP contribution >= 0.6 is 27.5 Å². The van der Waals surface area contributed by atoms with Gasteiger partial charge in [-0.25, -0.2) is 4.52 Å². The number of halogens is 2. The number of hydrogen-bond donors (Lipinski definition) is 0. The van der Waals surface area contributed by atoms with Gasteiger partial charge in [0.2, 0.25) is 0 Å². The average molecular weight is 301 g/mol. The van der Waals surface area contributed by atoms with Crippen molar-refractivity contribution >= 4 is 33.0 Å². The molecule has 0 spiro atoms. The molecule has 0 aliphatic carbocycles. The first kappa shape index (κ1) is 11.2. The molecule has 0 aliphatic rings. The largest absolute Gasteiger partial charge is 0.491 e. The van der Waals surface area contributed by atoms with Crippen molar-refractivity contribution in [3.63, 3.8) is 0 Å². The molecule has 0 radical (unpaired) electrons. The Morgan fingerprint density at radius 3 is 3.00 bits per heavy atom. The standard InChI is InChI=1S/C10H7BrClN3O/c1-2-16-8-4-3-7-6(5-13)9(11)14-15(7)10(8)12/h3-4H,2H2,1H3. The van der Waals surface area contributed by atoms with E-state index in [1.807, 2.05) is 6.92 Å². The SMILES string of the molecule is CCOc1ccc2c(C#N)c(Br)nn2c1Cl. The van der Waals surface area contributed by atoms with E-state index < -0.39 is 0 Å². The maximum atomic E-state index is 8.96. The van der Waals surface area contributed by atoms with Gasteiger partial charge in [-0.2, -0.15) is 10.4 Å². The van der Waals surface area contributed by atoms with Crippen molar-refractivity contribution in [1.82, 2.24) is 9.61 Å². The summed E-state index contributed by atoms with van der Waals surface area (Å²) < 4.78 is 7.30. The van der Waals surface area contributed by atoms with E-state index in [2.05, 4.69) is 27.1 Å². The summed E-state index contributed by atoms with van der Waals surface area (Å²) in [6, 6.07) is 5.56. The number of fused-ring (bicyclic) bond motifs is 1. The van der Waals surface area contributed by atoms with Gasteiger partial charge in [-0.1, -0.05) is 11.6 Å². The van der Waals surface area contributed by atoms with Gasteiger partial charge in [0.15, 0.2) is 10.9 Å². The molecule has 0 bridgehead atoms. The fourth-order valence-corrected chi connectivity index (χ4v) is 2.10. The Labute approximate surface area is 106 Å². The predicted molar refractivity (Wildman–Crippen MR) is 63.8 cm³/mol. The van der Waals surface area contributed by atoms with Gasteiger partial charge in [-0.05, 0) is 35.0 Å². The Morgan fingerprint density at radius 2 is 2.38 bits per heavy atom. The zero-order valence-electron chi connectivity index (χ0n) is 8.37. The van der Waals surface area contributed by atoms with Crippen LogP contribution in [0.1, 0.15) is 12.5 Å².